The van der Waals surface area contributed by atoms with E-state index in [1.54, 1.807) is 23.2 Å². The van der Waals surface area contributed by atoms with Crippen molar-refractivity contribution in [2.24, 2.45) is 0 Å². The van der Waals surface area contributed by atoms with Crippen LogP contribution >= 0.6 is 11.8 Å². The van der Waals surface area contributed by atoms with E-state index >= 15 is 0 Å². The summed E-state index contributed by atoms with van der Waals surface area (Å²) in [4.78, 5) is 12.2. The lowest BCUT2D eigenvalue weighted by molar-refractivity contribution is -0.113. The summed E-state index contributed by atoms with van der Waals surface area (Å²) >= 11 is 1.34. The second-order valence-electron chi connectivity index (χ2n) is 5.62. The molecule has 0 atom stereocenters. The Hall–Kier alpha value is -2.55. The maximum atomic E-state index is 12.2. The van der Waals surface area contributed by atoms with Crippen molar-refractivity contribution < 1.29 is 9.21 Å². The van der Waals surface area contributed by atoms with Gasteiger partial charge in [-0.1, -0.05) is 11.8 Å². The first-order valence-electron chi connectivity index (χ1n) is 8.03. The number of furan rings is 1. The molecule has 132 valence electrons. The molecule has 0 bridgehead atoms. The summed E-state index contributed by atoms with van der Waals surface area (Å²) in [5, 5.41) is 16.1. The van der Waals surface area contributed by atoms with Crippen LogP contribution in [0, 0.1) is 0 Å². The molecule has 0 aliphatic carbocycles. The molecule has 0 fully saturated rings. The van der Waals surface area contributed by atoms with Crippen LogP contribution in [-0.4, -0.2) is 36.2 Å². The summed E-state index contributed by atoms with van der Waals surface area (Å²) in [6.07, 6.45) is 3.27. The van der Waals surface area contributed by atoms with Gasteiger partial charge in [-0.25, -0.2) is 4.68 Å². The van der Waals surface area contributed by atoms with Crippen LogP contribution in [0.3, 0.4) is 0 Å². The number of aromatic nitrogens is 5. The smallest absolute Gasteiger partial charge is 0.235 e. The van der Waals surface area contributed by atoms with Gasteiger partial charge in [-0.2, -0.15) is 5.10 Å². The Balaban J connectivity index is 1.65. The van der Waals surface area contributed by atoms with E-state index in [9.17, 15) is 4.79 Å². The van der Waals surface area contributed by atoms with Gasteiger partial charge < -0.3 is 9.73 Å². The van der Waals surface area contributed by atoms with Crippen LogP contribution < -0.4 is 5.32 Å². The molecule has 8 nitrogen and oxygen atoms in total. The maximum Gasteiger partial charge on any atom is 0.235 e. The third-order valence-corrected chi connectivity index (χ3v) is 4.50. The van der Waals surface area contributed by atoms with E-state index in [-0.39, 0.29) is 17.7 Å². The monoisotopic (exact) mass is 360 g/mol. The zero-order chi connectivity index (χ0) is 17.8. The number of amides is 1. The molecular formula is C16H20N6O2S. The third-order valence-electron chi connectivity index (χ3n) is 3.53. The van der Waals surface area contributed by atoms with E-state index in [2.05, 4.69) is 20.6 Å². The minimum Gasteiger partial charge on any atom is -0.461 e. The summed E-state index contributed by atoms with van der Waals surface area (Å²) in [6, 6.07) is 5.61. The highest BCUT2D eigenvalue weighted by Gasteiger charge is 2.17. The van der Waals surface area contributed by atoms with Crippen LogP contribution in [0.1, 0.15) is 26.8 Å². The number of anilines is 1. The number of rotatable bonds is 7. The minimum absolute atomic E-state index is 0.113. The molecule has 25 heavy (non-hydrogen) atoms. The van der Waals surface area contributed by atoms with Gasteiger partial charge in [0.1, 0.15) is 5.82 Å². The predicted octanol–water partition coefficient (Wildman–Crippen LogP) is 3.07. The summed E-state index contributed by atoms with van der Waals surface area (Å²) in [7, 11) is 0. The average Bonchev–Trinajstić information content (AvgIpc) is 3.32. The molecule has 3 aromatic heterocycles. The Kier molecular flexibility index (Phi) is 5.22. The predicted molar refractivity (Wildman–Crippen MR) is 95.4 cm³/mol. The first kappa shape index (κ1) is 17.3. The number of nitrogens with zero attached hydrogens (tertiary/aromatic N) is 5. The van der Waals surface area contributed by atoms with Gasteiger partial charge in [-0.05, 0) is 32.9 Å². The van der Waals surface area contributed by atoms with Crippen molar-refractivity contribution in [2.45, 2.75) is 38.5 Å². The molecule has 0 saturated carbocycles. The first-order valence-corrected chi connectivity index (χ1v) is 9.02. The van der Waals surface area contributed by atoms with Crippen molar-refractivity contribution in [3.8, 4) is 11.6 Å². The van der Waals surface area contributed by atoms with E-state index < -0.39 is 0 Å². The zero-order valence-corrected chi connectivity index (χ0v) is 15.2. The molecule has 1 amide bonds. The number of carbonyl (C=O) groups is 1. The topological polar surface area (TPSA) is 90.8 Å². The highest BCUT2D eigenvalue weighted by molar-refractivity contribution is 7.99. The van der Waals surface area contributed by atoms with Crippen LogP contribution in [0.2, 0.25) is 0 Å². The lowest BCUT2D eigenvalue weighted by Gasteiger charge is -2.11. The van der Waals surface area contributed by atoms with Crippen LogP contribution in [0.15, 0.2) is 40.2 Å². The van der Waals surface area contributed by atoms with Gasteiger partial charge >= 0.3 is 0 Å². The molecule has 3 heterocycles. The third kappa shape index (κ3) is 3.76. The molecule has 0 radical (unpaired) electrons. The van der Waals surface area contributed by atoms with E-state index in [4.69, 9.17) is 4.42 Å². The number of thioether (sulfide) groups is 1. The number of hydrogen-bond donors (Lipinski definition) is 1. The molecule has 0 aliphatic heterocycles. The largest absolute Gasteiger partial charge is 0.461 e. The number of nitrogens with one attached hydrogen (secondary N) is 1. The van der Waals surface area contributed by atoms with Crippen molar-refractivity contribution in [3.05, 3.63) is 30.7 Å². The van der Waals surface area contributed by atoms with Crippen LogP contribution in [0.5, 0.6) is 0 Å². The molecule has 0 spiro atoms. The second-order valence-corrected chi connectivity index (χ2v) is 6.56. The zero-order valence-electron chi connectivity index (χ0n) is 14.3. The van der Waals surface area contributed by atoms with E-state index in [1.165, 1.54) is 11.8 Å². The van der Waals surface area contributed by atoms with Crippen LogP contribution in [0.4, 0.5) is 5.82 Å². The number of carbonyl (C=O) groups excluding carboxylic acids is 1. The molecular weight excluding hydrogens is 340 g/mol. The highest BCUT2D eigenvalue weighted by Crippen LogP contribution is 2.24. The Morgan fingerprint density at radius 2 is 2.20 bits per heavy atom. The summed E-state index contributed by atoms with van der Waals surface area (Å²) in [5.41, 5.74) is 0. The normalized spacial score (nSPS) is 11.2. The van der Waals surface area contributed by atoms with E-state index in [0.717, 1.165) is 0 Å². The Labute approximate surface area is 149 Å². The molecule has 9 heteroatoms. The van der Waals surface area contributed by atoms with Crippen molar-refractivity contribution in [2.75, 3.05) is 11.1 Å². The quantitative estimate of drug-likeness (QED) is 0.651. The maximum absolute atomic E-state index is 12.2. The Bertz CT molecular complexity index is 837. The van der Waals surface area contributed by atoms with Gasteiger partial charge in [0.25, 0.3) is 0 Å². The molecule has 0 aromatic carbocycles. The highest BCUT2D eigenvalue weighted by atomic mass is 32.2. The van der Waals surface area contributed by atoms with E-state index in [0.29, 0.717) is 29.1 Å². The average molecular weight is 360 g/mol. The minimum atomic E-state index is -0.113. The lowest BCUT2D eigenvalue weighted by Crippen LogP contribution is -2.18. The second kappa shape index (κ2) is 7.56. The standard InChI is InChI=1S/C16H20N6O2S/c1-4-21-15(12-6-5-9-24-12)19-20-16(21)25-10-14(23)18-13-7-8-17-22(13)11(2)3/h5-9,11H,4,10H2,1-3H3,(H,18,23). The molecule has 0 aliphatic rings. The summed E-state index contributed by atoms with van der Waals surface area (Å²) in [5.74, 6) is 2.13. The van der Waals surface area contributed by atoms with Gasteiger partial charge in [0, 0.05) is 18.7 Å². The van der Waals surface area contributed by atoms with Gasteiger partial charge in [-0.15, -0.1) is 10.2 Å². The number of hydrogen-bond acceptors (Lipinski definition) is 6. The fraction of sp³-hybridized carbons (Fsp3) is 0.375. The van der Waals surface area contributed by atoms with E-state index in [1.807, 2.05) is 37.5 Å². The molecule has 3 rings (SSSR count). The Morgan fingerprint density at radius 3 is 2.88 bits per heavy atom. The van der Waals surface area contributed by atoms with Gasteiger partial charge in [0.05, 0.1) is 18.2 Å². The fourth-order valence-electron chi connectivity index (χ4n) is 2.40. The van der Waals surface area contributed by atoms with Crippen molar-refractivity contribution >= 4 is 23.5 Å². The van der Waals surface area contributed by atoms with Crippen molar-refractivity contribution in [1.82, 2.24) is 24.5 Å². The van der Waals surface area contributed by atoms with Crippen molar-refractivity contribution in [3.63, 3.8) is 0 Å². The van der Waals surface area contributed by atoms with Crippen LogP contribution in [0.25, 0.3) is 11.6 Å². The lowest BCUT2D eigenvalue weighted by atomic mass is 10.4. The summed E-state index contributed by atoms with van der Waals surface area (Å²) < 4.78 is 9.08. The van der Waals surface area contributed by atoms with Crippen LogP contribution in [-0.2, 0) is 11.3 Å². The molecule has 1 N–H and O–H groups in total. The summed E-state index contributed by atoms with van der Waals surface area (Å²) in [6.45, 7) is 6.71. The molecule has 0 saturated heterocycles. The van der Waals surface area contributed by atoms with Gasteiger partial charge in [0.15, 0.2) is 16.7 Å². The Morgan fingerprint density at radius 1 is 1.36 bits per heavy atom. The van der Waals surface area contributed by atoms with Gasteiger partial charge in [0.2, 0.25) is 5.91 Å². The first-order chi connectivity index (χ1) is 12.1. The SMILES string of the molecule is CCn1c(SCC(=O)Nc2ccnn2C(C)C)nnc1-c1ccco1. The molecule has 3 aromatic rings. The van der Waals surface area contributed by atoms with Gasteiger partial charge in [-0.3, -0.25) is 9.36 Å². The fourth-order valence-corrected chi connectivity index (χ4v) is 3.20. The van der Waals surface area contributed by atoms with Crippen molar-refractivity contribution in [1.29, 1.82) is 0 Å². The molecule has 0 unspecified atom stereocenters.